The highest BCUT2D eigenvalue weighted by atomic mass is 16.3. The van der Waals surface area contributed by atoms with Crippen molar-refractivity contribution in [1.82, 2.24) is 14.4 Å². The Labute approximate surface area is 190 Å². The van der Waals surface area contributed by atoms with Gasteiger partial charge in [0.1, 0.15) is 17.3 Å². The number of benzene rings is 2. The van der Waals surface area contributed by atoms with Crippen LogP contribution in [0.2, 0.25) is 0 Å². The van der Waals surface area contributed by atoms with E-state index in [0.717, 1.165) is 40.3 Å². The molecule has 0 fully saturated rings. The van der Waals surface area contributed by atoms with E-state index in [4.69, 9.17) is 4.98 Å². The standard InChI is InChI=1S/C27H32N4O/c1-7-19-11-8-10-18(6)23(19)29-26-24(30-27-28-12-9-13-31(26)27)20-14-21(16(2)3)25(32)22(15-20)17(4)5/h8-17,29,32H,7H2,1-6H3. The second-order valence-corrected chi connectivity index (χ2v) is 9.00. The third-order valence-corrected chi connectivity index (χ3v) is 6.07. The van der Waals surface area contributed by atoms with Crippen LogP contribution in [-0.4, -0.2) is 19.5 Å². The first-order valence-corrected chi connectivity index (χ1v) is 11.4. The Kier molecular flexibility index (Phi) is 5.92. The number of aryl methyl sites for hydroxylation is 2. The van der Waals surface area contributed by atoms with Crippen LogP contribution in [0.4, 0.5) is 11.5 Å². The molecular weight excluding hydrogens is 396 g/mol. The average Bonchev–Trinajstić information content (AvgIpc) is 3.13. The highest BCUT2D eigenvalue weighted by Gasteiger charge is 2.21. The van der Waals surface area contributed by atoms with Crippen LogP contribution in [0.25, 0.3) is 17.0 Å². The maximum atomic E-state index is 10.9. The van der Waals surface area contributed by atoms with Gasteiger partial charge in [-0.3, -0.25) is 4.40 Å². The van der Waals surface area contributed by atoms with Crippen molar-refractivity contribution in [2.24, 2.45) is 0 Å². The van der Waals surface area contributed by atoms with E-state index in [0.29, 0.717) is 11.5 Å². The third kappa shape index (κ3) is 3.83. The van der Waals surface area contributed by atoms with Crippen LogP contribution in [-0.2, 0) is 6.42 Å². The molecule has 0 saturated heterocycles. The number of imidazole rings is 1. The molecule has 2 aromatic carbocycles. The molecule has 0 radical (unpaired) electrons. The molecule has 0 aliphatic heterocycles. The lowest BCUT2D eigenvalue weighted by Crippen LogP contribution is -2.03. The number of phenolic OH excluding ortho intramolecular Hbond substituents is 1. The quantitative estimate of drug-likeness (QED) is 0.348. The van der Waals surface area contributed by atoms with Crippen LogP contribution in [0.5, 0.6) is 5.75 Å². The number of para-hydroxylation sites is 1. The zero-order valence-corrected chi connectivity index (χ0v) is 19.8. The molecule has 2 aromatic heterocycles. The van der Waals surface area contributed by atoms with Gasteiger partial charge >= 0.3 is 0 Å². The highest BCUT2D eigenvalue weighted by Crippen LogP contribution is 2.40. The number of nitrogens with one attached hydrogen (secondary N) is 1. The van der Waals surface area contributed by atoms with Crippen LogP contribution in [0.3, 0.4) is 0 Å². The molecule has 0 bridgehead atoms. The lowest BCUT2D eigenvalue weighted by Gasteiger charge is -2.18. The first-order valence-electron chi connectivity index (χ1n) is 11.4. The number of fused-ring (bicyclic) bond motifs is 1. The minimum Gasteiger partial charge on any atom is -0.507 e. The van der Waals surface area contributed by atoms with Crippen LogP contribution < -0.4 is 5.32 Å². The van der Waals surface area contributed by atoms with Crippen molar-refractivity contribution in [1.29, 1.82) is 0 Å². The predicted octanol–water partition coefficient (Wildman–Crippen LogP) is 6.96. The number of aromatic hydroxyl groups is 1. The molecule has 166 valence electrons. The minimum atomic E-state index is 0.196. The number of phenols is 1. The third-order valence-electron chi connectivity index (χ3n) is 6.07. The number of hydrogen-bond acceptors (Lipinski definition) is 4. The molecule has 2 heterocycles. The van der Waals surface area contributed by atoms with E-state index >= 15 is 0 Å². The SMILES string of the molecule is CCc1cccc(C)c1Nc1c(-c2cc(C(C)C)c(O)c(C(C)C)c2)nc2ncccn12. The maximum absolute atomic E-state index is 10.9. The van der Waals surface area contributed by atoms with Crippen LogP contribution in [0.1, 0.15) is 68.7 Å². The topological polar surface area (TPSA) is 62.5 Å². The Balaban J connectivity index is 1.98. The molecular formula is C27H32N4O. The van der Waals surface area contributed by atoms with E-state index in [1.807, 2.05) is 16.7 Å². The zero-order chi connectivity index (χ0) is 23.0. The lowest BCUT2D eigenvalue weighted by atomic mass is 9.90. The monoisotopic (exact) mass is 428 g/mol. The molecule has 4 aromatic rings. The van der Waals surface area contributed by atoms with Gasteiger partial charge in [-0.1, -0.05) is 52.8 Å². The number of rotatable bonds is 6. The van der Waals surface area contributed by atoms with E-state index in [9.17, 15) is 5.11 Å². The van der Waals surface area contributed by atoms with Crippen molar-refractivity contribution in [2.45, 2.75) is 59.8 Å². The van der Waals surface area contributed by atoms with E-state index in [2.05, 4.69) is 82.2 Å². The van der Waals surface area contributed by atoms with Gasteiger partial charge in [-0.25, -0.2) is 9.97 Å². The van der Waals surface area contributed by atoms with Gasteiger partial charge in [0.05, 0.1) is 0 Å². The first-order chi connectivity index (χ1) is 15.3. The number of nitrogens with zero attached hydrogens (tertiary/aromatic N) is 3. The molecule has 5 nitrogen and oxygen atoms in total. The first kappa shape index (κ1) is 21.9. The van der Waals surface area contributed by atoms with Gasteiger partial charge < -0.3 is 10.4 Å². The van der Waals surface area contributed by atoms with Crippen molar-refractivity contribution in [3.05, 3.63) is 71.0 Å². The highest BCUT2D eigenvalue weighted by molar-refractivity contribution is 5.81. The predicted molar refractivity (Wildman–Crippen MR) is 132 cm³/mol. The van der Waals surface area contributed by atoms with Crippen molar-refractivity contribution >= 4 is 17.3 Å². The van der Waals surface area contributed by atoms with Gasteiger partial charge in [-0.2, -0.15) is 0 Å². The fourth-order valence-electron chi connectivity index (χ4n) is 4.23. The Hall–Kier alpha value is -3.34. The molecule has 0 spiro atoms. The van der Waals surface area contributed by atoms with Crippen LogP contribution >= 0.6 is 0 Å². The molecule has 0 saturated carbocycles. The van der Waals surface area contributed by atoms with Gasteiger partial charge in [-0.15, -0.1) is 0 Å². The number of anilines is 2. The fourth-order valence-corrected chi connectivity index (χ4v) is 4.23. The molecule has 0 aliphatic carbocycles. The molecule has 2 N–H and O–H groups in total. The summed E-state index contributed by atoms with van der Waals surface area (Å²) in [6.45, 7) is 12.7. The maximum Gasteiger partial charge on any atom is 0.235 e. The Morgan fingerprint density at radius 3 is 2.34 bits per heavy atom. The van der Waals surface area contributed by atoms with Crippen molar-refractivity contribution in [2.75, 3.05) is 5.32 Å². The Morgan fingerprint density at radius 2 is 1.72 bits per heavy atom. The smallest absolute Gasteiger partial charge is 0.235 e. The summed E-state index contributed by atoms with van der Waals surface area (Å²) in [6.07, 6.45) is 4.68. The van der Waals surface area contributed by atoms with E-state index in [1.54, 1.807) is 6.20 Å². The molecule has 32 heavy (non-hydrogen) atoms. The van der Waals surface area contributed by atoms with Gasteiger partial charge in [0.2, 0.25) is 5.78 Å². The Bertz CT molecular complexity index is 1240. The normalized spacial score (nSPS) is 11.6. The van der Waals surface area contributed by atoms with Gasteiger partial charge in [0.15, 0.2) is 0 Å². The molecule has 5 heteroatoms. The van der Waals surface area contributed by atoms with Crippen molar-refractivity contribution in [3.8, 4) is 17.0 Å². The summed E-state index contributed by atoms with van der Waals surface area (Å²) < 4.78 is 2.00. The van der Waals surface area contributed by atoms with Gasteiger partial charge in [0, 0.05) is 23.6 Å². The summed E-state index contributed by atoms with van der Waals surface area (Å²) in [7, 11) is 0. The molecule has 0 amide bonds. The molecule has 0 atom stereocenters. The lowest BCUT2D eigenvalue weighted by molar-refractivity contribution is 0.454. The second kappa shape index (κ2) is 8.65. The number of aromatic nitrogens is 3. The zero-order valence-electron chi connectivity index (χ0n) is 19.8. The largest absolute Gasteiger partial charge is 0.507 e. The van der Waals surface area contributed by atoms with Gasteiger partial charge in [-0.05, 0) is 65.6 Å². The van der Waals surface area contributed by atoms with Crippen molar-refractivity contribution < 1.29 is 5.11 Å². The van der Waals surface area contributed by atoms with E-state index in [1.165, 1.54) is 11.1 Å². The van der Waals surface area contributed by atoms with E-state index in [-0.39, 0.29) is 11.8 Å². The summed E-state index contributed by atoms with van der Waals surface area (Å²) >= 11 is 0. The summed E-state index contributed by atoms with van der Waals surface area (Å²) in [6, 6.07) is 12.4. The second-order valence-electron chi connectivity index (χ2n) is 9.00. The average molecular weight is 429 g/mol. The summed E-state index contributed by atoms with van der Waals surface area (Å²) in [5, 5.41) is 14.6. The van der Waals surface area contributed by atoms with Crippen LogP contribution in [0, 0.1) is 6.92 Å². The summed E-state index contributed by atoms with van der Waals surface area (Å²) in [5.74, 6) is 2.31. The van der Waals surface area contributed by atoms with Gasteiger partial charge in [0.25, 0.3) is 0 Å². The fraction of sp³-hybridized carbons (Fsp3) is 0.333. The van der Waals surface area contributed by atoms with E-state index < -0.39 is 0 Å². The van der Waals surface area contributed by atoms with Crippen molar-refractivity contribution in [3.63, 3.8) is 0 Å². The molecule has 0 aliphatic rings. The summed E-state index contributed by atoms with van der Waals surface area (Å²) in [5.41, 5.74) is 7.23. The van der Waals surface area contributed by atoms with Crippen LogP contribution in [0.15, 0.2) is 48.8 Å². The Morgan fingerprint density at radius 1 is 1.03 bits per heavy atom. The minimum absolute atomic E-state index is 0.196. The number of hydrogen-bond donors (Lipinski definition) is 2. The summed E-state index contributed by atoms with van der Waals surface area (Å²) in [4.78, 5) is 9.39. The molecule has 0 unspecified atom stereocenters. The molecule has 4 rings (SSSR count).